The summed E-state index contributed by atoms with van der Waals surface area (Å²) in [6, 6.07) is 8.20. The number of benzene rings is 1. The number of anilines is 1. The molecule has 8 nitrogen and oxygen atoms in total. The highest BCUT2D eigenvalue weighted by molar-refractivity contribution is 5.94. The zero-order chi connectivity index (χ0) is 22.1. The summed E-state index contributed by atoms with van der Waals surface area (Å²) in [5, 5.41) is 19.9. The van der Waals surface area contributed by atoms with E-state index in [4.69, 9.17) is 10.5 Å². The van der Waals surface area contributed by atoms with Gasteiger partial charge in [-0.2, -0.15) is 0 Å². The minimum atomic E-state index is -1.18. The number of aromatic nitrogens is 1. The number of nitrogens with two attached hydrogens (primary N) is 1. The van der Waals surface area contributed by atoms with Crippen LogP contribution in [0, 0.1) is 0 Å². The zero-order valence-corrected chi connectivity index (χ0v) is 17.4. The van der Waals surface area contributed by atoms with Gasteiger partial charge in [0.15, 0.2) is 0 Å². The second kappa shape index (κ2) is 8.22. The van der Waals surface area contributed by atoms with Crippen LogP contribution in [0.2, 0.25) is 0 Å². The molecule has 1 amide bonds. The third-order valence-corrected chi connectivity index (χ3v) is 4.98. The van der Waals surface area contributed by atoms with Crippen LogP contribution in [0.4, 0.5) is 10.6 Å². The molecule has 1 aromatic carbocycles. The molecule has 8 heteroatoms. The Morgan fingerprint density at radius 3 is 2.60 bits per heavy atom. The molecule has 0 aliphatic carbocycles. The van der Waals surface area contributed by atoms with Crippen molar-refractivity contribution in [3.8, 4) is 17.0 Å². The second-order valence-electron chi connectivity index (χ2n) is 8.45. The van der Waals surface area contributed by atoms with Gasteiger partial charge in [-0.25, -0.2) is 14.6 Å². The van der Waals surface area contributed by atoms with Crippen molar-refractivity contribution in [1.82, 2.24) is 9.88 Å². The number of rotatable bonds is 3. The minimum absolute atomic E-state index is 0.0218. The molecule has 160 valence electrons. The van der Waals surface area contributed by atoms with Gasteiger partial charge in [0.2, 0.25) is 0 Å². The maximum atomic E-state index is 12.6. The summed E-state index contributed by atoms with van der Waals surface area (Å²) in [7, 11) is 0. The molecule has 0 spiro atoms. The Hall–Kier alpha value is -3.29. The van der Waals surface area contributed by atoms with Gasteiger partial charge in [0.1, 0.15) is 22.7 Å². The summed E-state index contributed by atoms with van der Waals surface area (Å²) in [5.74, 6) is -1.45. The Morgan fingerprint density at radius 1 is 1.27 bits per heavy atom. The lowest BCUT2D eigenvalue weighted by Gasteiger charge is -2.35. The number of carbonyl (C=O) groups is 2. The first-order valence-corrected chi connectivity index (χ1v) is 9.87. The number of phenolic OH excluding ortho intramolecular Hbond substituents is 1. The van der Waals surface area contributed by atoms with Crippen molar-refractivity contribution in [1.29, 1.82) is 0 Å². The molecule has 1 aliphatic rings. The van der Waals surface area contributed by atoms with Crippen LogP contribution in [0.25, 0.3) is 11.3 Å². The van der Waals surface area contributed by atoms with E-state index in [-0.39, 0.29) is 23.0 Å². The molecule has 2 aromatic rings. The van der Waals surface area contributed by atoms with E-state index in [0.29, 0.717) is 29.9 Å². The van der Waals surface area contributed by atoms with Crippen molar-refractivity contribution in [2.24, 2.45) is 0 Å². The van der Waals surface area contributed by atoms with Gasteiger partial charge in [0.05, 0.1) is 5.69 Å². The van der Waals surface area contributed by atoms with Gasteiger partial charge < -0.3 is 25.6 Å². The number of aromatic hydroxyl groups is 1. The van der Waals surface area contributed by atoms with E-state index in [0.717, 1.165) is 12.8 Å². The van der Waals surface area contributed by atoms with Crippen LogP contribution >= 0.6 is 0 Å². The number of nitrogens with zero attached hydrogens (tertiary/aromatic N) is 2. The van der Waals surface area contributed by atoms with Gasteiger partial charge in [-0.1, -0.05) is 12.1 Å². The van der Waals surface area contributed by atoms with Crippen LogP contribution in [0.1, 0.15) is 55.5 Å². The number of nitrogen functional groups attached to an aromatic ring is 1. The highest BCUT2D eigenvalue weighted by Crippen LogP contribution is 2.38. The fourth-order valence-corrected chi connectivity index (χ4v) is 3.64. The molecule has 0 radical (unpaired) electrons. The van der Waals surface area contributed by atoms with Crippen LogP contribution in [-0.4, -0.2) is 50.9 Å². The molecule has 1 saturated heterocycles. The lowest BCUT2D eigenvalue weighted by Crippen LogP contribution is -2.42. The highest BCUT2D eigenvalue weighted by Gasteiger charge is 2.31. The summed E-state index contributed by atoms with van der Waals surface area (Å²) in [5.41, 5.74) is 6.71. The van der Waals surface area contributed by atoms with Crippen molar-refractivity contribution in [3.05, 3.63) is 41.5 Å². The average molecular weight is 413 g/mol. The van der Waals surface area contributed by atoms with E-state index >= 15 is 0 Å². The smallest absolute Gasteiger partial charge is 0.410 e. The number of hydrogen-bond acceptors (Lipinski definition) is 6. The molecule has 2 heterocycles. The number of para-hydroxylation sites is 1. The summed E-state index contributed by atoms with van der Waals surface area (Å²) in [6.07, 6.45) is 1.07. The Bertz CT molecular complexity index is 968. The van der Waals surface area contributed by atoms with Crippen LogP contribution in [0.3, 0.4) is 0 Å². The molecule has 1 atom stereocenters. The molecular weight excluding hydrogens is 386 g/mol. The molecule has 4 N–H and O–H groups in total. The van der Waals surface area contributed by atoms with Crippen molar-refractivity contribution in [2.75, 3.05) is 18.8 Å². The third-order valence-electron chi connectivity index (χ3n) is 4.98. The molecule has 1 aliphatic heterocycles. The van der Waals surface area contributed by atoms with E-state index in [1.165, 1.54) is 12.1 Å². The SMILES string of the molecule is CC(C)(C)OC(=O)N1CCCC(c2cc(C(=O)O)c(N)nc2-c2ccccc2O)C1. The van der Waals surface area contributed by atoms with Gasteiger partial charge in [-0.05, 0) is 57.4 Å². The fraction of sp³-hybridized carbons (Fsp3) is 0.409. The maximum Gasteiger partial charge on any atom is 0.410 e. The van der Waals surface area contributed by atoms with E-state index < -0.39 is 17.7 Å². The summed E-state index contributed by atoms with van der Waals surface area (Å²) in [4.78, 5) is 30.2. The highest BCUT2D eigenvalue weighted by atomic mass is 16.6. The monoisotopic (exact) mass is 413 g/mol. The van der Waals surface area contributed by atoms with Crippen molar-refractivity contribution >= 4 is 17.9 Å². The fourth-order valence-electron chi connectivity index (χ4n) is 3.64. The molecule has 30 heavy (non-hydrogen) atoms. The quantitative estimate of drug-likeness (QED) is 0.697. The number of amides is 1. The third kappa shape index (κ3) is 4.64. The van der Waals surface area contributed by atoms with Crippen LogP contribution in [0.15, 0.2) is 30.3 Å². The number of carboxylic acid groups (broad SMARTS) is 1. The van der Waals surface area contributed by atoms with Crippen molar-refractivity contribution in [2.45, 2.75) is 45.1 Å². The number of piperidine rings is 1. The standard InChI is InChI=1S/C22H27N3O5/c1-22(2,3)30-21(29)25-10-6-7-13(12-25)15-11-16(20(27)28)19(23)24-18(15)14-8-4-5-9-17(14)26/h4-5,8-9,11,13,26H,6-7,10,12H2,1-3H3,(H2,23,24)(H,27,28). The number of hydrogen-bond donors (Lipinski definition) is 3. The van der Waals surface area contributed by atoms with E-state index in [9.17, 15) is 19.8 Å². The van der Waals surface area contributed by atoms with E-state index in [1.807, 2.05) is 20.8 Å². The van der Waals surface area contributed by atoms with Crippen LogP contribution in [0.5, 0.6) is 5.75 Å². The summed E-state index contributed by atoms with van der Waals surface area (Å²) < 4.78 is 5.49. The number of ether oxygens (including phenoxy) is 1. The lowest BCUT2D eigenvalue weighted by atomic mass is 9.87. The Kier molecular flexibility index (Phi) is 5.87. The number of phenols is 1. The number of carbonyl (C=O) groups excluding carboxylic acids is 1. The first-order chi connectivity index (χ1) is 14.1. The molecule has 0 saturated carbocycles. The van der Waals surface area contributed by atoms with E-state index in [1.54, 1.807) is 23.1 Å². The first-order valence-electron chi connectivity index (χ1n) is 9.87. The largest absolute Gasteiger partial charge is 0.507 e. The second-order valence-corrected chi connectivity index (χ2v) is 8.45. The van der Waals surface area contributed by atoms with Crippen molar-refractivity contribution < 1.29 is 24.5 Å². The van der Waals surface area contributed by atoms with Gasteiger partial charge in [-0.3, -0.25) is 0 Å². The predicted molar refractivity (Wildman–Crippen MR) is 112 cm³/mol. The molecule has 3 rings (SSSR count). The van der Waals surface area contributed by atoms with Gasteiger partial charge in [0.25, 0.3) is 0 Å². The normalized spacial score (nSPS) is 16.9. The number of pyridine rings is 1. The minimum Gasteiger partial charge on any atom is -0.507 e. The topological polar surface area (TPSA) is 126 Å². The molecule has 1 unspecified atom stereocenters. The van der Waals surface area contributed by atoms with Crippen LogP contribution < -0.4 is 5.73 Å². The Balaban J connectivity index is 2.03. The average Bonchev–Trinajstić information content (AvgIpc) is 2.66. The Morgan fingerprint density at radius 2 is 1.97 bits per heavy atom. The molecule has 1 fully saturated rings. The van der Waals surface area contributed by atoms with Gasteiger partial charge >= 0.3 is 12.1 Å². The number of carboxylic acids is 1. The van der Waals surface area contributed by atoms with Crippen LogP contribution in [-0.2, 0) is 4.74 Å². The van der Waals surface area contributed by atoms with Gasteiger partial charge in [-0.15, -0.1) is 0 Å². The summed E-state index contributed by atoms with van der Waals surface area (Å²) in [6.45, 7) is 6.36. The lowest BCUT2D eigenvalue weighted by molar-refractivity contribution is 0.0198. The van der Waals surface area contributed by atoms with Crippen molar-refractivity contribution in [3.63, 3.8) is 0 Å². The maximum absolute atomic E-state index is 12.6. The molecular formula is C22H27N3O5. The summed E-state index contributed by atoms with van der Waals surface area (Å²) >= 11 is 0. The number of likely N-dealkylation sites (tertiary alicyclic amines) is 1. The number of aromatic carboxylic acids is 1. The zero-order valence-electron chi connectivity index (χ0n) is 17.4. The first kappa shape index (κ1) is 21.4. The molecule has 1 aromatic heterocycles. The molecule has 0 bridgehead atoms. The Labute approximate surface area is 175 Å². The predicted octanol–water partition coefficient (Wildman–Crippen LogP) is 3.85. The van der Waals surface area contributed by atoms with E-state index in [2.05, 4.69) is 4.98 Å². The van der Waals surface area contributed by atoms with Gasteiger partial charge in [0, 0.05) is 24.6 Å².